The minimum Gasteiger partial charge on any atom is -0.464 e. The molecule has 0 radical (unpaired) electrons. The van der Waals surface area contributed by atoms with E-state index in [0.29, 0.717) is 23.6 Å². The molecule has 51 heavy (non-hydrogen) atoms. The molecule has 0 aromatic heterocycles. The Balaban J connectivity index is 1.53. The molecule has 11 heteroatoms. The number of nitrogens with zero attached hydrogens (tertiary/aromatic N) is 3. The summed E-state index contributed by atoms with van der Waals surface area (Å²) in [7, 11) is -4.02. The Labute approximate surface area is 302 Å². The predicted octanol–water partition coefficient (Wildman–Crippen LogP) is 6.04. The summed E-state index contributed by atoms with van der Waals surface area (Å²) in [5.74, 6) is 0.890. The van der Waals surface area contributed by atoms with Crippen molar-refractivity contribution in [3.8, 4) is 11.5 Å². The number of carbonyl (C=O) groups excluding carboxylic acids is 1. The van der Waals surface area contributed by atoms with Gasteiger partial charge in [0.1, 0.15) is 23.6 Å². The van der Waals surface area contributed by atoms with Gasteiger partial charge in [-0.15, -0.1) is 0 Å². The normalized spacial score (nSPS) is 24.5. The smallest absolute Gasteiger partial charge is 0.302 e. The standard InChI is InChI=1S/C40H51N3O7S/c1-9-14-41-25(2)38(5,6)29-21-31-35(23-33(29)41)50-36-24-34-30(39(7,8)26(3)42(34)15-19-49-27(4)45)22-32(36)40(31)28-12-10-11-13-37(28)51(46,47)43(40)16-18-48-20-17-44/h10-13,21-26,44H,9,14-20H2,1-8H3/t25-,26-,40?/m1/s1. The molecule has 274 valence electrons. The summed E-state index contributed by atoms with van der Waals surface area (Å²) in [5.41, 5.74) is 4.76. The Hall–Kier alpha value is -3.64. The molecule has 1 N–H and O–H groups in total. The van der Waals surface area contributed by atoms with E-state index in [1.54, 1.807) is 16.4 Å². The Kier molecular flexibility index (Phi) is 8.76. The molecule has 3 aromatic carbocycles. The van der Waals surface area contributed by atoms with E-state index in [1.807, 2.05) is 12.1 Å². The van der Waals surface area contributed by atoms with Crippen molar-refractivity contribution in [1.82, 2.24) is 4.31 Å². The number of hydrogen-bond acceptors (Lipinski definition) is 9. The minimum absolute atomic E-state index is 0.0570. The molecular formula is C40H51N3O7S. The van der Waals surface area contributed by atoms with Crippen LogP contribution in [0.2, 0.25) is 0 Å². The fraction of sp³-hybridized carbons (Fsp3) is 0.525. The number of sulfonamides is 1. The molecule has 10 nitrogen and oxygen atoms in total. The van der Waals surface area contributed by atoms with Crippen molar-refractivity contribution in [3.05, 3.63) is 76.3 Å². The summed E-state index contributed by atoms with van der Waals surface area (Å²) < 4.78 is 49.4. The molecule has 0 aliphatic carbocycles. The average Bonchev–Trinajstić information content (AvgIpc) is 3.48. The second kappa shape index (κ2) is 12.5. The molecule has 1 unspecified atom stereocenters. The lowest BCUT2D eigenvalue weighted by atomic mass is 9.71. The van der Waals surface area contributed by atoms with Crippen LogP contribution in [0.25, 0.3) is 0 Å². The Morgan fingerprint density at radius 1 is 0.804 bits per heavy atom. The van der Waals surface area contributed by atoms with E-state index in [0.717, 1.165) is 41.0 Å². The van der Waals surface area contributed by atoms with Gasteiger partial charge >= 0.3 is 5.97 Å². The monoisotopic (exact) mass is 717 g/mol. The highest BCUT2D eigenvalue weighted by atomic mass is 32.2. The number of aliphatic hydroxyl groups excluding tert-OH is 1. The zero-order valence-corrected chi connectivity index (χ0v) is 31.9. The van der Waals surface area contributed by atoms with Crippen LogP contribution in [0.15, 0.2) is 53.4 Å². The van der Waals surface area contributed by atoms with Gasteiger partial charge in [0.25, 0.3) is 0 Å². The van der Waals surface area contributed by atoms with Crippen LogP contribution in [0.5, 0.6) is 11.5 Å². The van der Waals surface area contributed by atoms with Gasteiger partial charge in [0.05, 0.1) is 31.3 Å². The first-order chi connectivity index (χ1) is 24.1. The van der Waals surface area contributed by atoms with Crippen molar-refractivity contribution in [2.24, 2.45) is 0 Å². The lowest BCUT2D eigenvalue weighted by Gasteiger charge is -2.44. The lowest BCUT2D eigenvalue weighted by Crippen LogP contribution is -2.49. The van der Waals surface area contributed by atoms with E-state index >= 15 is 0 Å². The third-order valence-corrected chi connectivity index (χ3v) is 14.2. The van der Waals surface area contributed by atoms with Crippen LogP contribution in [-0.2, 0) is 40.7 Å². The van der Waals surface area contributed by atoms with E-state index in [2.05, 4.69) is 82.5 Å². The van der Waals surface area contributed by atoms with Crippen LogP contribution >= 0.6 is 0 Å². The van der Waals surface area contributed by atoms with E-state index in [9.17, 15) is 18.3 Å². The summed E-state index contributed by atoms with van der Waals surface area (Å²) in [6.07, 6.45) is 0.987. The molecule has 4 heterocycles. The number of aliphatic hydroxyl groups is 1. The lowest BCUT2D eigenvalue weighted by molar-refractivity contribution is -0.140. The number of carbonyl (C=O) groups is 1. The number of fused-ring (bicyclic) bond motifs is 8. The first-order valence-electron chi connectivity index (χ1n) is 18.2. The number of esters is 1. The van der Waals surface area contributed by atoms with E-state index in [-0.39, 0.29) is 66.8 Å². The Morgan fingerprint density at radius 3 is 1.92 bits per heavy atom. The molecule has 0 amide bonds. The first-order valence-corrected chi connectivity index (χ1v) is 19.6. The molecule has 1 spiro atoms. The highest BCUT2D eigenvalue weighted by Crippen LogP contribution is 2.63. The maximum atomic E-state index is 14.9. The number of ether oxygens (including phenoxy) is 3. The molecule has 0 bridgehead atoms. The molecule has 7 rings (SSSR count). The molecule has 3 atom stereocenters. The van der Waals surface area contributed by atoms with Crippen LogP contribution in [0.1, 0.15) is 89.6 Å². The second-order valence-electron chi connectivity index (χ2n) is 15.5. The van der Waals surface area contributed by atoms with Gasteiger partial charge in [-0.3, -0.25) is 4.79 Å². The highest BCUT2D eigenvalue weighted by Gasteiger charge is 2.61. The van der Waals surface area contributed by atoms with Crippen molar-refractivity contribution in [2.75, 3.05) is 55.9 Å². The number of hydrogen-bond donors (Lipinski definition) is 1. The minimum atomic E-state index is -4.02. The van der Waals surface area contributed by atoms with Gasteiger partial charge in [0.2, 0.25) is 10.0 Å². The zero-order valence-electron chi connectivity index (χ0n) is 31.1. The fourth-order valence-corrected chi connectivity index (χ4v) is 11.0. The van der Waals surface area contributed by atoms with Crippen molar-refractivity contribution in [2.45, 2.75) is 95.2 Å². The van der Waals surface area contributed by atoms with Gasteiger partial charge < -0.3 is 29.1 Å². The molecule has 4 aliphatic rings. The molecule has 0 fully saturated rings. The third-order valence-electron chi connectivity index (χ3n) is 12.2. The van der Waals surface area contributed by atoms with Crippen LogP contribution in [0.3, 0.4) is 0 Å². The molecule has 0 saturated heterocycles. The number of rotatable bonds is 10. The summed E-state index contributed by atoms with van der Waals surface area (Å²) in [5, 5.41) is 9.48. The van der Waals surface area contributed by atoms with Gasteiger partial charge in [-0.2, -0.15) is 4.31 Å². The van der Waals surface area contributed by atoms with E-state index in [4.69, 9.17) is 14.2 Å². The molecule has 3 aromatic rings. The molecular weight excluding hydrogens is 667 g/mol. The fourth-order valence-electron chi connectivity index (χ4n) is 9.03. The van der Waals surface area contributed by atoms with Gasteiger partial charge in [-0.05, 0) is 49.6 Å². The van der Waals surface area contributed by atoms with Crippen LogP contribution in [-0.4, -0.2) is 81.9 Å². The van der Waals surface area contributed by atoms with Gasteiger partial charge in [-0.25, -0.2) is 8.42 Å². The first kappa shape index (κ1) is 35.7. The maximum absolute atomic E-state index is 14.9. The quantitative estimate of drug-likeness (QED) is 0.198. The summed E-state index contributed by atoms with van der Waals surface area (Å²) in [6, 6.07) is 16.2. The molecule has 4 aliphatic heterocycles. The van der Waals surface area contributed by atoms with Crippen LogP contribution in [0.4, 0.5) is 11.4 Å². The van der Waals surface area contributed by atoms with Gasteiger partial charge in [-0.1, -0.05) is 52.8 Å². The van der Waals surface area contributed by atoms with Gasteiger partial charge in [0, 0.05) is 83.1 Å². The van der Waals surface area contributed by atoms with Crippen molar-refractivity contribution in [1.29, 1.82) is 0 Å². The van der Waals surface area contributed by atoms with Crippen molar-refractivity contribution < 1.29 is 32.5 Å². The SMILES string of the molecule is CCCN1c2cc3c(cc2C(C)(C)[C@H]1C)C1(c2cc4c(cc2O3)N(CCOC(C)=O)[C@H](C)C4(C)C)c2ccccc2S(=O)(=O)N1CCOCCO. The third kappa shape index (κ3) is 5.05. The van der Waals surface area contributed by atoms with Crippen LogP contribution < -0.4 is 14.5 Å². The van der Waals surface area contributed by atoms with Crippen molar-refractivity contribution in [3.63, 3.8) is 0 Å². The summed E-state index contributed by atoms with van der Waals surface area (Å²) >= 11 is 0. The number of anilines is 2. The van der Waals surface area contributed by atoms with Gasteiger partial charge in [0.15, 0.2) is 0 Å². The topological polar surface area (TPSA) is 109 Å². The molecule has 0 saturated carbocycles. The van der Waals surface area contributed by atoms with Crippen molar-refractivity contribution >= 4 is 27.4 Å². The highest BCUT2D eigenvalue weighted by molar-refractivity contribution is 7.89. The summed E-state index contributed by atoms with van der Waals surface area (Å²) in [6.45, 7) is 18.8. The largest absolute Gasteiger partial charge is 0.464 e. The van der Waals surface area contributed by atoms with Crippen LogP contribution in [0, 0.1) is 0 Å². The number of benzene rings is 3. The second-order valence-corrected chi connectivity index (χ2v) is 17.3. The van der Waals surface area contributed by atoms with E-state index < -0.39 is 15.6 Å². The summed E-state index contributed by atoms with van der Waals surface area (Å²) in [4.78, 5) is 16.7. The Bertz CT molecular complexity index is 1990. The average molecular weight is 718 g/mol. The zero-order chi connectivity index (χ0) is 36.7. The van der Waals surface area contributed by atoms with E-state index in [1.165, 1.54) is 12.5 Å². The maximum Gasteiger partial charge on any atom is 0.302 e. The predicted molar refractivity (Wildman–Crippen MR) is 198 cm³/mol. The Morgan fingerprint density at radius 2 is 1.37 bits per heavy atom.